The summed E-state index contributed by atoms with van der Waals surface area (Å²) in [4.78, 5) is 9.66. The monoisotopic (exact) mass is 130 g/mol. The van der Waals surface area contributed by atoms with Crippen molar-refractivity contribution in [2.75, 3.05) is 0 Å². The largest absolute Gasteiger partial charge is 0.298 e. The molecule has 0 aliphatic carbocycles. The van der Waals surface area contributed by atoms with E-state index in [-0.39, 0.29) is 5.83 Å². The van der Waals surface area contributed by atoms with Gasteiger partial charge in [-0.25, -0.2) is 4.39 Å². The molecule has 0 heterocycles. The number of rotatable bonds is 4. The van der Waals surface area contributed by atoms with E-state index in [0.717, 1.165) is 18.9 Å². The summed E-state index contributed by atoms with van der Waals surface area (Å²) in [7, 11) is 0. The van der Waals surface area contributed by atoms with Crippen molar-refractivity contribution in [1.29, 1.82) is 0 Å². The van der Waals surface area contributed by atoms with Crippen LogP contribution in [0.2, 0.25) is 0 Å². The molecule has 1 nitrogen and oxygen atoms in total. The van der Waals surface area contributed by atoms with Crippen LogP contribution in [0.3, 0.4) is 0 Å². The first-order valence-electron chi connectivity index (χ1n) is 3.11. The Morgan fingerprint density at radius 3 is 2.78 bits per heavy atom. The summed E-state index contributed by atoms with van der Waals surface area (Å²) in [5, 5.41) is 0. The molecule has 52 valence electrons. The van der Waals surface area contributed by atoms with E-state index in [2.05, 4.69) is 0 Å². The standard InChI is InChI=1S/C7H11FO/c1-2-3-4-7(8)5-6-9/h5-6H,2-4H2,1H3. The Bertz CT molecular complexity index is 107. The van der Waals surface area contributed by atoms with E-state index < -0.39 is 0 Å². The van der Waals surface area contributed by atoms with Gasteiger partial charge in [-0.2, -0.15) is 0 Å². The number of aldehydes is 1. The number of halogens is 1. The lowest BCUT2D eigenvalue weighted by Gasteiger charge is -1.90. The second kappa shape index (κ2) is 5.48. The fourth-order valence-corrected chi connectivity index (χ4v) is 0.503. The molecule has 0 aromatic heterocycles. The maximum atomic E-state index is 12.2. The van der Waals surface area contributed by atoms with Crippen molar-refractivity contribution >= 4 is 6.29 Å². The normalized spacial score (nSPS) is 11.6. The summed E-state index contributed by atoms with van der Waals surface area (Å²) in [5.41, 5.74) is 0. The molecule has 9 heavy (non-hydrogen) atoms. The SMILES string of the molecule is CCCCC(F)=CC=O. The molecule has 0 atom stereocenters. The zero-order chi connectivity index (χ0) is 7.11. The van der Waals surface area contributed by atoms with Gasteiger partial charge < -0.3 is 0 Å². The van der Waals surface area contributed by atoms with Gasteiger partial charge in [-0.1, -0.05) is 13.3 Å². The third-order valence-electron chi connectivity index (χ3n) is 1.02. The molecule has 0 spiro atoms. The lowest BCUT2D eigenvalue weighted by Crippen LogP contribution is -1.75. The highest BCUT2D eigenvalue weighted by Gasteiger charge is 1.90. The molecule has 0 unspecified atom stereocenters. The fourth-order valence-electron chi connectivity index (χ4n) is 0.503. The van der Waals surface area contributed by atoms with Gasteiger partial charge in [0.2, 0.25) is 0 Å². The summed E-state index contributed by atoms with van der Waals surface area (Å²) < 4.78 is 12.2. The van der Waals surface area contributed by atoms with Gasteiger partial charge >= 0.3 is 0 Å². The van der Waals surface area contributed by atoms with E-state index in [1.807, 2.05) is 6.92 Å². The topological polar surface area (TPSA) is 17.1 Å². The van der Waals surface area contributed by atoms with E-state index in [4.69, 9.17) is 0 Å². The average Bonchev–Trinajstić information content (AvgIpc) is 1.85. The molecule has 0 bridgehead atoms. The first-order chi connectivity index (χ1) is 4.31. The molecule has 0 saturated carbocycles. The van der Waals surface area contributed by atoms with E-state index >= 15 is 0 Å². The van der Waals surface area contributed by atoms with Gasteiger partial charge in [0.25, 0.3) is 0 Å². The van der Waals surface area contributed by atoms with Crippen molar-refractivity contribution in [3.63, 3.8) is 0 Å². The van der Waals surface area contributed by atoms with E-state index in [0.29, 0.717) is 12.7 Å². The van der Waals surface area contributed by atoms with Crippen LogP contribution in [0.1, 0.15) is 26.2 Å². The van der Waals surface area contributed by atoms with Gasteiger partial charge in [-0.3, -0.25) is 4.79 Å². The van der Waals surface area contributed by atoms with Crippen LogP contribution >= 0.6 is 0 Å². The molecule has 0 aromatic rings. The third-order valence-corrected chi connectivity index (χ3v) is 1.02. The third kappa shape index (κ3) is 5.21. The first kappa shape index (κ1) is 8.34. The van der Waals surface area contributed by atoms with Crippen LogP contribution in [0.4, 0.5) is 4.39 Å². The second-order valence-corrected chi connectivity index (χ2v) is 1.85. The van der Waals surface area contributed by atoms with Crippen LogP contribution in [0.15, 0.2) is 11.9 Å². The van der Waals surface area contributed by atoms with Gasteiger partial charge in [-0.05, 0) is 12.8 Å². The smallest absolute Gasteiger partial charge is 0.145 e. The molecule has 0 aromatic carbocycles. The number of hydrogen-bond donors (Lipinski definition) is 0. The van der Waals surface area contributed by atoms with Crippen molar-refractivity contribution in [2.45, 2.75) is 26.2 Å². The van der Waals surface area contributed by atoms with Crippen LogP contribution in [-0.4, -0.2) is 6.29 Å². The molecule has 0 saturated heterocycles. The van der Waals surface area contributed by atoms with Crippen LogP contribution in [0, 0.1) is 0 Å². The molecule has 0 fully saturated rings. The lowest BCUT2D eigenvalue weighted by molar-refractivity contribution is -0.104. The molecule has 0 aliphatic heterocycles. The molecule has 0 amide bonds. The molecular formula is C7H11FO. The van der Waals surface area contributed by atoms with Crippen LogP contribution in [-0.2, 0) is 4.79 Å². The van der Waals surface area contributed by atoms with E-state index in [1.54, 1.807) is 0 Å². The van der Waals surface area contributed by atoms with Crippen molar-refractivity contribution < 1.29 is 9.18 Å². The van der Waals surface area contributed by atoms with Gasteiger partial charge in [0, 0.05) is 6.08 Å². The Kier molecular flexibility index (Phi) is 5.07. The van der Waals surface area contributed by atoms with Gasteiger partial charge in [0.15, 0.2) is 0 Å². The van der Waals surface area contributed by atoms with Crippen molar-refractivity contribution in [2.24, 2.45) is 0 Å². The molecule has 0 N–H and O–H groups in total. The summed E-state index contributed by atoms with van der Waals surface area (Å²) in [5.74, 6) is -0.313. The Morgan fingerprint density at radius 2 is 2.33 bits per heavy atom. The van der Waals surface area contributed by atoms with Crippen LogP contribution in [0.25, 0.3) is 0 Å². The highest BCUT2D eigenvalue weighted by atomic mass is 19.1. The summed E-state index contributed by atoms with van der Waals surface area (Å²) >= 11 is 0. The summed E-state index contributed by atoms with van der Waals surface area (Å²) in [6, 6.07) is 0. The van der Waals surface area contributed by atoms with Crippen molar-refractivity contribution in [1.82, 2.24) is 0 Å². The minimum atomic E-state index is -0.313. The number of allylic oxidation sites excluding steroid dienone is 2. The quantitative estimate of drug-likeness (QED) is 0.421. The van der Waals surface area contributed by atoms with Crippen molar-refractivity contribution in [3.8, 4) is 0 Å². The highest BCUT2D eigenvalue weighted by molar-refractivity contribution is 5.65. The highest BCUT2D eigenvalue weighted by Crippen LogP contribution is 2.06. The number of hydrogen-bond acceptors (Lipinski definition) is 1. The predicted molar refractivity (Wildman–Crippen MR) is 34.8 cm³/mol. The predicted octanol–water partition coefficient (Wildman–Crippen LogP) is 2.23. The maximum absolute atomic E-state index is 12.2. The number of carbonyl (C=O) groups excluding carboxylic acids is 1. The van der Waals surface area contributed by atoms with E-state index in [9.17, 15) is 9.18 Å². The van der Waals surface area contributed by atoms with E-state index in [1.165, 1.54) is 0 Å². The zero-order valence-corrected chi connectivity index (χ0v) is 5.56. The molecular weight excluding hydrogens is 119 g/mol. The zero-order valence-electron chi connectivity index (χ0n) is 5.56. The molecule has 0 rings (SSSR count). The Hall–Kier alpha value is -0.660. The van der Waals surface area contributed by atoms with Gasteiger partial charge in [0.05, 0.1) is 0 Å². The Morgan fingerprint density at radius 1 is 1.67 bits per heavy atom. The fraction of sp³-hybridized carbons (Fsp3) is 0.571. The Balaban J connectivity index is 3.36. The van der Waals surface area contributed by atoms with Gasteiger partial charge in [0.1, 0.15) is 12.1 Å². The first-order valence-corrected chi connectivity index (χ1v) is 3.11. The molecule has 0 aliphatic rings. The minimum Gasteiger partial charge on any atom is -0.298 e. The Labute approximate surface area is 54.6 Å². The minimum absolute atomic E-state index is 0.313. The van der Waals surface area contributed by atoms with Gasteiger partial charge in [-0.15, -0.1) is 0 Å². The van der Waals surface area contributed by atoms with Crippen molar-refractivity contribution in [3.05, 3.63) is 11.9 Å². The summed E-state index contributed by atoms with van der Waals surface area (Å²) in [6.07, 6.45) is 3.62. The number of unbranched alkanes of at least 4 members (excludes halogenated alkanes) is 1. The summed E-state index contributed by atoms with van der Waals surface area (Å²) in [6.45, 7) is 1.98. The number of carbonyl (C=O) groups is 1. The van der Waals surface area contributed by atoms with Crippen LogP contribution < -0.4 is 0 Å². The molecule has 0 radical (unpaired) electrons. The average molecular weight is 130 g/mol. The van der Waals surface area contributed by atoms with Crippen LogP contribution in [0.5, 0.6) is 0 Å². The maximum Gasteiger partial charge on any atom is 0.145 e. The second-order valence-electron chi connectivity index (χ2n) is 1.85. The lowest BCUT2D eigenvalue weighted by atomic mass is 10.2. The molecule has 2 heteroatoms.